The molecule has 0 radical (unpaired) electrons. The van der Waals surface area contributed by atoms with Crippen molar-refractivity contribution in [1.82, 2.24) is 19.0 Å². The van der Waals surface area contributed by atoms with Gasteiger partial charge in [-0.3, -0.25) is 19.2 Å². The SMILES string of the molecule is CCN1CCc2c(c3ccc(-n4ccc(-c5ccc(C(F)(F)F)cn5)cc4=O)cc3n2C)C1.Cl.Cl. The van der Waals surface area contributed by atoms with Crippen molar-refractivity contribution in [3.63, 3.8) is 0 Å². The zero-order chi connectivity index (χ0) is 23.3. The monoisotopic (exact) mass is 524 g/mol. The number of likely N-dealkylation sites (N-methyl/N-ethyl adjacent to an activating group) is 1. The van der Waals surface area contributed by atoms with E-state index in [4.69, 9.17) is 0 Å². The predicted octanol–water partition coefficient (Wildman–Crippen LogP) is 5.63. The molecule has 1 aromatic carbocycles. The summed E-state index contributed by atoms with van der Waals surface area (Å²) >= 11 is 0. The van der Waals surface area contributed by atoms with Crippen LogP contribution in [-0.2, 0) is 26.2 Å². The number of rotatable bonds is 3. The van der Waals surface area contributed by atoms with E-state index >= 15 is 0 Å². The highest BCUT2D eigenvalue weighted by molar-refractivity contribution is 5.87. The Morgan fingerprint density at radius 1 is 1.06 bits per heavy atom. The number of fused-ring (bicyclic) bond motifs is 3. The first-order valence-corrected chi connectivity index (χ1v) is 10.9. The number of hydrogen-bond donors (Lipinski definition) is 0. The van der Waals surface area contributed by atoms with Gasteiger partial charge in [0.2, 0.25) is 0 Å². The van der Waals surface area contributed by atoms with E-state index in [1.807, 2.05) is 12.1 Å². The van der Waals surface area contributed by atoms with Crippen LogP contribution in [0.15, 0.2) is 59.7 Å². The molecule has 5 nitrogen and oxygen atoms in total. The van der Waals surface area contributed by atoms with Crippen LogP contribution in [0.4, 0.5) is 13.2 Å². The van der Waals surface area contributed by atoms with E-state index in [2.05, 4.69) is 34.5 Å². The van der Waals surface area contributed by atoms with Crippen molar-refractivity contribution in [2.24, 2.45) is 7.05 Å². The number of hydrogen-bond acceptors (Lipinski definition) is 3. The Bertz CT molecular complexity index is 1410. The molecular weight excluding hydrogens is 500 g/mol. The van der Waals surface area contributed by atoms with Crippen LogP contribution in [0.2, 0.25) is 0 Å². The molecule has 1 aliphatic heterocycles. The average molecular weight is 525 g/mol. The number of aromatic nitrogens is 3. The summed E-state index contributed by atoms with van der Waals surface area (Å²) in [4.78, 5) is 19.2. The average Bonchev–Trinajstić information content (AvgIpc) is 3.09. The smallest absolute Gasteiger partial charge is 0.347 e. The largest absolute Gasteiger partial charge is 0.417 e. The molecule has 0 fully saturated rings. The Morgan fingerprint density at radius 2 is 1.83 bits per heavy atom. The molecule has 1 aliphatic rings. The van der Waals surface area contributed by atoms with E-state index in [1.54, 1.807) is 12.3 Å². The first-order valence-electron chi connectivity index (χ1n) is 10.9. The standard InChI is InChI=1S/C25H23F3N4O.2ClH/c1-3-31-10-9-22-20(15-31)19-6-5-18(13-23(19)30(22)2)32-11-8-16(12-24(32)33)21-7-4-17(14-29-21)25(26,27)28;;/h4-8,11-14H,3,9-10,15H2,1-2H3;2*1H. The summed E-state index contributed by atoms with van der Waals surface area (Å²) in [5.41, 5.74) is 4.20. The zero-order valence-corrected chi connectivity index (χ0v) is 20.8. The third-order valence-electron chi connectivity index (χ3n) is 6.50. The highest BCUT2D eigenvalue weighted by atomic mass is 35.5. The lowest BCUT2D eigenvalue weighted by Gasteiger charge is -2.26. The number of alkyl halides is 3. The normalized spacial score (nSPS) is 13.7. The van der Waals surface area contributed by atoms with Crippen molar-refractivity contribution >= 4 is 35.7 Å². The lowest BCUT2D eigenvalue weighted by molar-refractivity contribution is -0.137. The van der Waals surface area contributed by atoms with Gasteiger partial charge in [0.25, 0.3) is 5.56 Å². The van der Waals surface area contributed by atoms with Gasteiger partial charge in [-0.2, -0.15) is 13.2 Å². The van der Waals surface area contributed by atoms with Crippen LogP contribution < -0.4 is 5.56 Å². The maximum absolute atomic E-state index is 12.9. The second-order valence-corrected chi connectivity index (χ2v) is 8.36. The van der Waals surface area contributed by atoms with E-state index in [-0.39, 0.29) is 30.4 Å². The summed E-state index contributed by atoms with van der Waals surface area (Å²) in [6.07, 6.45) is -1.03. The minimum atomic E-state index is -4.45. The van der Waals surface area contributed by atoms with Gasteiger partial charge in [0.1, 0.15) is 0 Å². The fourth-order valence-corrected chi connectivity index (χ4v) is 4.62. The van der Waals surface area contributed by atoms with E-state index in [0.29, 0.717) is 11.3 Å². The maximum Gasteiger partial charge on any atom is 0.417 e. The number of pyridine rings is 2. The maximum atomic E-state index is 12.9. The molecule has 0 spiro atoms. The van der Waals surface area contributed by atoms with Gasteiger partial charge >= 0.3 is 6.18 Å². The molecule has 0 atom stereocenters. The van der Waals surface area contributed by atoms with Crippen molar-refractivity contribution < 1.29 is 13.2 Å². The van der Waals surface area contributed by atoms with Crippen molar-refractivity contribution in [3.05, 3.63) is 82.0 Å². The number of benzene rings is 1. The highest BCUT2D eigenvalue weighted by Crippen LogP contribution is 2.32. The van der Waals surface area contributed by atoms with Gasteiger partial charge < -0.3 is 4.57 Å². The summed E-state index contributed by atoms with van der Waals surface area (Å²) in [5.74, 6) is 0. The summed E-state index contributed by atoms with van der Waals surface area (Å²) < 4.78 is 42.1. The number of aryl methyl sites for hydroxylation is 1. The van der Waals surface area contributed by atoms with Crippen LogP contribution in [0, 0.1) is 0 Å². The van der Waals surface area contributed by atoms with Crippen LogP contribution >= 0.6 is 24.8 Å². The highest BCUT2D eigenvalue weighted by Gasteiger charge is 2.30. The molecule has 0 bridgehead atoms. The Morgan fingerprint density at radius 3 is 2.46 bits per heavy atom. The Balaban J connectivity index is 0.00000171. The summed E-state index contributed by atoms with van der Waals surface area (Å²) in [6.45, 7) is 5.16. The summed E-state index contributed by atoms with van der Waals surface area (Å²) in [7, 11) is 2.06. The van der Waals surface area contributed by atoms with E-state index in [1.165, 1.54) is 33.3 Å². The van der Waals surface area contributed by atoms with E-state index in [9.17, 15) is 18.0 Å². The molecular formula is C25H25Cl2F3N4O. The molecule has 5 rings (SSSR count). The van der Waals surface area contributed by atoms with Crippen LogP contribution in [0.25, 0.3) is 27.8 Å². The van der Waals surface area contributed by atoms with Crippen molar-refractivity contribution in [2.75, 3.05) is 13.1 Å². The second-order valence-electron chi connectivity index (χ2n) is 8.36. The van der Waals surface area contributed by atoms with E-state index in [0.717, 1.165) is 49.5 Å². The fourth-order valence-electron chi connectivity index (χ4n) is 4.62. The molecule has 0 N–H and O–H groups in total. The quantitative estimate of drug-likeness (QED) is 0.348. The van der Waals surface area contributed by atoms with Crippen molar-refractivity contribution in [2.45, 2.75) is 26.1 Å². The van der Waals surface area contributed by atoms with Crippen LogP contribution in [-0.4, -0.2) is 32.1 Å². The van der Waals surface area contributed by atoms with Gasteiger partial charge in [-0.25, -0.2) is 0 Å². The molecule has 0 amide bonds. The van der Waals surface area contributed by atoms with E-state index < -0.39 is 11.7 Å². The molecule has 10 heteroatoms. The lowest BCUT2D eigenvalue weighted by atomic mass is 10.0. The topological polar surface area (TPSA) is 43.1 Å². The molecule has 4 heterocycles. The van der Waals surface area contributed by atoms with Gasteiger partial charge in [0.05, 0.1) is 22.5 Å². The second kappa shape index (κ2) is 10.0. The number of halogens is 5. The third-order valence-corrected chi connectivity index (χ3v) is 6.50. The van der Waals surface area contributed by atoms with Gasteiger partial charge in [-0.05, 0) is 42.4 Å². The predicted molar refractivity (Wildman–Crippen MR) is 136 cm³/mol. The molecule has 4 aromatic rings. The van der Waals surface area contributed by atoms with Crippen LogP contribution in [0.3, 0.4) is 0 Å². The molecule has 0 saturated carbocycles. The molecule has 0 unspecified atom stereocenters. The summed E-state index contributed by atoms with van der Waals surface area (Å²) in [6, 6.07) is 11.4. The Kier molecular flexibility index (Phi) is 7.69. The van der Waals surface area contributed by atoms with Gasteiger partial charge in [0.15, 0.2) is 0 Å². The van der Waals surface area contributed by atoms with Gasteiger partial charge in [0, 0.05) is 61.7 Å². The van der Waals surface area contributed by atoms with Crippen molar-refractivity contribution in [1.29, 1.82) is 0 Å². The molecule has 0 aliphatic carbocycles. The lowest BCUT2D eigenvalue weighted by Crippen LogP contribution is -2.30. The Labute approximate surface area is 213 Å². The van der Waals surface area contributed by atoms with Crippen molar-refractivity contribution in [3.8, 4) is 16.9 Å². The first kappa shape index (κ1) is 26.8. The van der Waals surface area contributed by atoms with Gasteiger partial charge in [-0.15, -0.1) is 24.8 Å². The van der Waals surface area contributed by atoms with Gasteiger partial charge in [-0.1, -0.05) is 13.0 Å². The minimum absolute atomic E-state index is 0. The molecule has 35 heavy (non-hydrogen) atoms. The third kappa shape index (κ3) is 4.83. The molecule has 0 saturated heterocycles. The minimum Gasteiger partial charge on any atom is -0.347 e. The molecule has 3 aromatic heterocycles. The van der Waals surface area contributed by atoms with Crippen LogP contribution in [0.5, 0.6) is 0 Å². The van der Waals surface area contributed by atoms with Crippen LogP contribution in [0.1, 0.15) is 23.7 Å². The number of nitrogens with zero attached hydrogens (tertiary/aromatic N) is 4. The zero-order valence-electron chi connectivity index (χ0n) is 19.2. The fraction of sp³-hybridized carbons (Fsp3) is 0.280. The summed E-state index contributed by atoms with van der Waals surface area (Å²) in [5, 5.41) is 1.20. The Hall–Kier alpha value is -2.81. The molecule has 186 valence electrons. The first-order chi connectivity index (χ1) is 15.8.